The van der Waals surface area contributed by atoms with Gasteiger partial charge in [-0.25, -0.2) is 0 Å². The number of unbranched alkanes of at least 4 members (excludes halogenated alkanes) is 17. The van der Waals surface area contributed by atoms with E-state index in [2.05, 4.69) is 42.0 Å². The summed E-state index contributed by atoms with van der Waals surface area (Å²) >= 11 is 0. The zero-order chi connectivity index (χ0) is 31.4. The maximum atomic E-state index is 12.1. The van der Waals surface area contributed by atoms with Crippen molar-refractivity contribution >= 4 is 11.9 Å². The van der Waals surface area contributed by atoms with Gasteiger partial charge in [-0.3, -0.25) is 9.59 Å². The third kappa shape index (κ3) is 34.7. The Hall–Kier alpha value is -0.180. The fraction of sp³-hybridized carbons (Fsp3) is 0.944. The Balaban J connectivity index is -0.00000840. The van der Waals surface area contributed by atoms with Crippen molar-refractivity contribution in [3.63, 3.8) is 0 Å². The summed E-state index contributed by atoms with van der Waals surface area (Å²) in [6.45, 7) is 9.57. The molecular weight excluding hydrogens is 684 g/mol. The molecule has 0 N–H and O–H groups in total. The molecule has 0 aromatic heterocycles. The molecule has 0 saturated heterocycles. The fourth-order valence-electron chi connectivity index (χ4n) is 5.42. The minimum atomic E-state index is -0.0887. The quantitative estimate of drug-likeness (QED) is 0.0621. The number of carbonyl (C=O) groups excluding carboxylic acids is 2. The number of nitrogens with zero attached hydrogens (tertiary/aromatic N) is 2. The van der Waals surface area contributed by atoms with Gasteiger partial charge >= 0.3 is 11.9 Å². The van der Waals surface area contributed by atoms with E-state index in [4.69, 9.17) is 9.47 Å². The van der Waals surface area contributed by atoms with Crippen molar-refractivity contribution in [1.82, 2.24) is 0 Å². The first kappa shape index (κ1) is 48.2. The van der Waals surface area contributed by atoms with Gasteiger partial charge in [-0.05, 0) is 38.5 Å². The first-order chi connectivity index (χ1) is 20.1. The highest BCUT2D eigenvalue weighted by atomic mass is 79.9. The molecule has 0 radical (unpaired) electrons. The zero-order valence-corrected chi connectivity index (χ0v) is 33.3. The van der Waals surface area contributed by atoms with Crippen molar-refractivity contribution in [2.75, 3.05) is 67.6 Å². The van der Waals surface area contributed by atoms with Crippen LogP contribution in [0.3, 0.4) is 0 Å². The minimum Gasteiger partial charge on any atom is -1.00 e. The molecular formula is C36H74Br2N2O4. The third-order valence-electron chi connectivity index (χ3n) is 8.67. The van der Waals surface area contributed by atoms with Gasteiger partial charge in [0, 0.05) is 12.8 Å². The number of hydrogen-bond acceptors (Lipinski definition) is 4. The van der Waals surface area contributed by atoms with E-state index in [0.29, 0.717) is 26.1 Å². The Morgan fingerprint density at radius 2 is 0.682 bits per heavy atom. The van der Waals surface area contributed by atoms with E-state index in [9.17, 15) is 9.59 Å². The number of halogens is 2. The lowest BCUT2D eigenvalue weighted by molar-refractivity contribution is -0.890. The second kappa shape index (κ2) is 32.7. The molecule has 0 unspecified atom stereocenters. The molecule has 0 spiro atoms. The van der Waals surface area contributed by atoms with E-state index in [0.717, 1.165) is 60.8 Å². The van der Waals surface area contributed by atoms with Crippen LogP contribution < -0.4 is 34.0 Å². The van der Waals surface area contributed by atoms with Gasteiger partial charge in [0.15, 0.2) is 0 Å². The summed E-state index contributed by atoms with van der Waals surface area (Å²) in [7, 11) is 8.94. The molecule has 8 heteroatoms. The highest BCUT2D eigenvalue weighted by Crippen LogP contribution is 2.12. The maximum Gasteiger partial charge on any atom is 0.305 e. The second-order valence-corrected chi connectivity index (χ2v) is 14.1. The average Bonchev–Trinajstić information content (AvgIpc) is 2.93. The predicted octanol–water partition coefficient (Wildman–Crippen LogP) is 2.86. The molecule has 0 aromatic rings. The van der Waals surface area contributed by atoms with Crippen molar-refractivity contribution in [2.45, 2.75) is 155 Å². The molecule has 0 saturated carbocycles. The van der Waals surface area contributed by atoms with Gasteiger partial charge in [-0.2, -0.15) is 0 Å². The van der Waals surface area contributed by atoms with Crippen LogP contribution in [0.25, 0.3) is 0 Å². The molecule has 0 bridgehead atoms. The van der Waals surface area contributed by atoms with Crippen LogP contribution in [0.1, 0.15) is 155 Å². The van der Waals surface area contributed by atoms with Crippen molar-refractivity contribution in [3.8, 4) is 0 Å². The number of hydrogen-bond donors (Lipinski definition) is 0. The van der Waals surface area contributed by atoms with Crippen LogP contribution in [-0.4, -0.2) is 88.5 Å². The Labute approximate surface area is 295 Å². The first-order valence-corrected chi connectivity index (χ1v) is 18.1. The first-order valence-electron chi connectivity index (χ1n) is 18.1. The second-order valence-electron chi connectivity index (χ2n) is 14.1. The van der Waals surface area contributed by atoms with Crippen LogP contribution in [0.4, 0.5) is 0 Å². The van der Waals surface area contributed by atoms with Gasteiger partial charge in [-0.15, -0.1) is 0 Å². The van der Waals surface area contributed by atoms with Gasteiger partial charge < -0.3 is 52.4 Å². The van der Waals surface area contributed by atoms with E-state index >= 15 is 0 Å². The van der Waals surface area contributed by atoms with Crippen LogP contribution in [0.5, 0.6) is 0 Å². The molecule has 0 aromatic carbocycles. The number of ether oxygens (including phenoxy) is 2. The predicted molar refractivity (Wildman–Crippen MR) is 179 cm³/mol. The van der Waals surface area contributed by atoms with E-state index in [1.807, 2.05) is 0 Å². The van der Waals surface area contributed by atoms with Crippen LogP contribution in [0.15, 0.2) is 0 Å². The highest BCUT2D eigenvalue weighted by Gasteiger charge is 2.17. The molecule has 0 aliphatic rings. The summed E-state index contributed by atoms with van der Waals surface area (Å²) in [5.74, 6) is -0.177. The minimum absolute atomic E-state index is 0. The highest BCUT2D eigenvalue weighted by molar-refractivity contribution is 5.69. The monoisotopic (exact) mass is 756 g/mol. The lowest BCUT2D eigenvalue weighted by atomic mass is 10.1. The van der Waals surface area contributed by atoms with E-state index in [1.54, 1.807) is 0 Å². The summed E-state index contributed by atoms with van der Waals surface area (Å²) in [4.78, 5) is 24.2. The van der Waals surface area contributed by atoms with Crippen molar-refractivity contribution in [2.24, 2.45) is 0 Å². The van der Waals surface area contributed by atoms with Crippen LogP contribution in [-0.2, 0) is 19.1 Å². The molecule has 0 aliphatic heterocycles. The standard InChI is InChI=1S/C36H74N2O4.2BrH/c1-7-9-11-13-15-17-21-25-29-37(3,4)31-33-41-35(39)27-23-19-20-24-28-36(40)42-34-32-38(5,6)30-26-22-18-16-14-12-10-8-2;;/h7-34H2,1-6H3;2*1H/q+2;;/p-2. The maximum absolute atomic E-state index is 12.1. The summed E-state index contributed by atoms with van der Waals surface area (Å²) in [6.07, 6.45) is 25.9. The van der Waals surface area contributed by atoms with E-state index in [-0.39, 0.29) is 45.9 Å². The Morgan fingerprint density at radius 1 is 0.409 bits per heavy atom. The Kier molecular flexibility index (Phi) is 35.9. The van der Waals surface area contributed by atoms with Crippen LogP contribution in [0, 0.1) is 0 Å². The Morgan fingerprint density at radius 3 is 1.00 bits per heavy atom. The third-order valence-corrected chi connectivity index (χ3v) is 8.67. The number of esters is 2. The molecule has 0 aliphatic carbocycles. The number of rotatable bonds is 31. The summed E-state index contributed by atoms with van der Waals surface area (Å²) < 4.78 is 12.8. The lowest BCUT2D eigenvalue weighted by Gasteiger charge is -2.29. The number of quaternary nitrogens is 2. The molecule has 266 valence electrons. The molecule has 0 amide bonds. The number of carbonyl (C=O) groups is 2. The summed E-state index contributed by atoms with van der Waals surface area (Å²) in [6, 6.07) is 0. The lowest BCUT2D eigenvalue weighted by Crippen LogP contribution is -3.00. The number of likely N-dealkylation sites (N-methyl/N-ethyl adjacent to an activating group) is 2. The summed E-state index contributed by atoms with van der Waals surface area (Å²) in [5.41, 5.74) is 0. The fourth-order valence-corrected chi connectivity index (χ4v) is 5.42. The SMILES string of the molecule is CCCCCCCCCC[N+](C)(C)CCOC(=O)CCCCCCC(=O)OCC[N+](C)(C)CCCCCCCCCC.[Br-].[Br-]. The van der Waals surface area contributed by atoms with Gasteiger partial charge in [-0.1, -0.05) is 104 Å². The van der Waals surface area contributed by atoms with Crippen LogP contribution >= 0.6 is 0 Å². The van der Waals surface area contributed by atoms with Gasteiger partial charge in [0.2, 0.25) is 0 Å². The molecule has 0 fully saturated rings. The average molecular weight is 759 g/mol. The van der Waals surface area contributed by atoms with Crippen molar-refractivity contribution in [1.29, 1.82) is 0 Å². The van der Waals surface area contributed by atoms with Gasteiger partial charge in [0.05, 0.1) is 41.3 Å². The van der Waals surface area contributed by atoms with E-state index < -0.39 is 0 Å². The van der Waals surface area contributed by atoms with Gasteiger partial charge in [0.25, 0.3) is 0 Å². The summed E-state index contributed by atoms with van der Waals surface area (Å²) in [5, 5.41) is 0. The molecule has 6 nitrogen and oxygen atoms in total. The van der Waals surface area contributed by atoms with Crippen molar-refractivity contribution in [3.05, 3.63) is 0 Å². The molecule has 0 heterocycles. The smallest absolute Gasteiger partial charge is 0.305 e. The topological polar surface area (TPSA) is 52.6 Å². The van der Waals surface area contributed by atoms with Crippen LogP contribution in [0.2, 0.25) is 0 Å². The van der Waals surface area contributed by atoms with Crippen molar-refractivity contribution < 1.29 is 62.0 Å². The molecule has 0 atom stereocenters. The zero-order valence-electron chi connectivity index (χ0n) is 30.1. The molecule has 44 heavy (non-hydrogen) atoms. The largest absolute Gasteiger partial charge is 1.00 e. The normalized spacial score (nSPS) is 11.5. The molecule has 0 rings (SSSR count). The van der Waals surface area contributed by atoms with E-state index in [1.165, 1.54) is 103 Å². The van der Waals surface area contributed by atoms with Gasteiger partial charge in [0.1, 0.15) is 26.3 Å². The Bertz CT molecular complexity index is 594.